The van der Waals surface area contributed by atoms with E-state index in [9.17, 15) is 9.59 Å². The van der Waals surface area contributed by atoms with Crippen molar-refractivity contribution in [2.45, 2.75) is 18.4 Å². The number of hydrogen-bond acceptors (Lipinski definition) is 6. The van der Waals surface area contributed by atoms with Crippen LogP contribution in [0.1, 0.15) is 33.6 Å². The number of fused-ring (bicyclic) bond motifs is 2. The molecule has 130 valence electrons. The average molecular weight is 365 g/mol. The molecule has 1 aromatic heterocycles. The van der Waals surface area contributed by atoms with E-state index in [-0.39, 0.29) is 11.7 Å². The number of benzene rings is 2. The lowest BCUT2D eigenvalue weighted by molar-refractivity contribution is 0.0428. The molecule has 2 aliphatic rings. The van der Waals surface area contributed by atoms with Crippen LogP contribution in [-0.2, 0) is 0 Å². The van der Waals surface area contributed by atoms with E-state index in [0.717, 1.165) is 22.8 Å². The Bertz CT molecular complexity index is 1050. The van der Waals surface area contributed by atoms with Crippen LogP contribution in [0, 0.1) is 0 Å². The number of para-hydroxylation sites is 1. The normalized spacial score (nSPS) is 21.8. The number of aromatic nitrogens is 2. The summed E-state index contributed by atoms with van der Waals surface area (Å²) in [4.78, 5) is 27.2. The lowest BCUT2D eigenvalue weighted by Crippen LogP contribution is -2.45. The summed E-state index contributed by atoms with van der Waals surface area (Å²) in [6.45, 7) is 0.987. The standard InChI is InChI=1S/C19H15N3O3S/c23-16-10-19(25-17-4-2-1-3-13(16)17)7-8-22(11-19)18(24)12-5-6-14-15(9-12)21-26-20-14/h1-6,9H,7-8,10-11H2/t19-/m0/s1. The van der Waals surface area contributed by atoms with E-state index in [0.29, 0.717) is 42.8 Å². The van der Waals surface area contributed by atoms with Gasteiger partial charge < -0.3 is 9.64 Å². The Balaban J connectivity index is 1.40. The van der Waals surface area contributed by atoms with Gasteiger partial charge >= 0.3 is 0 Å². The minimum Gasteiger partial charge on any atom is -0.484 e. The number of carbonyl (C=O) groups is 2. The minimum atomic E-state index is -0.618. The monoisotopic (exact) mass is 365 g/mol. The zero-order valence-corrected chi connectivity index (χ0v) is 14.7. The highest BCUT2D eigenvalue weighted by atomic mass is 32.1. The summed E-state index contributed by atoms with van der Waals surface area (Å²) < 4.78 is 14.5. The van der Waals surface area contributed by atoms with E-state index in [2.05, 4.69) is 8.75 Å². The van der Waals surface area contributed by atoms with Crippen LogP contribution in [0.5, 0.6) is 5.75 Å². The molecular weight excluding hydrogens is 350 g/mol. The fraction of sp³-hybridized carbons (Fsp3) is 0.263. The highest BCUT2D eigenvalue weighted by Crippen LogP contribution is 2.39. The maximum atomic E-state index is 12.9. The van der Waals surface area contributed by atoms with E-state index in [1.54, 1.807) is 23.1 Å². The molecule has 5 rings (SSSR count). The van der Waals surface area contributed by atoms with Gasteiger partial charge in [0.25, 0.3) is 5.91 Å². The summed E-state index contributed by atoms with van der Waals surface area (Å²) in [5.41, 5.74) is 2.12. The molecule has 1 amide bonds. The third-order valence-electron chi connectivity index (χ3n) is 5.10. The number of amides is 1. The van der Waals surface area contributed by atoms with Gasteiger partial charge in [-0.15, -0.1) is 0 Å². The molecule has 2 aromatic carbocycles. The number of ether oxygens (including phenoxy) is 1. The summed E-state index contributed by atoms with van der Waals surface area (Å²) in [5.74, 6) is 0.635. The Kier molecular flexibility index (Phi) is 3.33. The zero-order chi connectivity index (χ0) is 17.7. The average Bonchev–Trinajstić information content (AvgIpc) is 3.27. The van der Waals surface area contributed by atoms with E-state index in [1.807, 2.05) is 24.3 Å². The second kappa shape index (κ2) is 5.60. The first kappa shape index (κ1) is 15.5. The maximum absolute atomic E-state index is 12.9. The Hall–Kier alpha value is -2.80. The van der Waals surface area contributed by atoms with E-state index >= 15 is 0 Å². The van der Waals surface area contributed by atoms with Gasteiger partial charge in [0.05, 0.1) is 30.3 Å². The number of hydrogen-bond donors (Lipinski definition) is 0. The lowest BCUT2D eigenvalue weighted by atomic mass is 9.89. The van der Waals surface area contributed by atoms with Crippen molar-refractivity contribution in [3.8, 4) is 5.75 Å². The Morgan fingerprint density at radius 2 is 2.00 bits per heavy atom. The van der Waals surface area contributed by atoms with Crippen LogP contribution >= 0.6 is 11.7 Å². The number of ketones is 1. The number of carbonyl (C=O) groups excluding carboxylic acids is 2. The molecule has 7 heteroatoms. The highest BCUT2D eigenvalue weighted by Gasteiger charge is 2.47. The van der Waals surface area contributed by atoms with Gasteiger partial charge in [-0.3, -0.25) is 9.59 Å². The van der Waals surface area contributed by atoms with Gasteiger partial charge in [0.1, 0.15) is 22.4 Å². The third-order valence-corrected chi connectivity index (χ3v) is 5.66. The van der Waals surface area contributed by atoms with Crippen LogP contribution in [-0.4, -0.2) is 44.0 Å². The molecule has 1 atom stereocenters. The molecule has 26 heavy (non-hydrogen) atoms. The van der Waals surface area contributed by atoms with Crippen molar-refractivity contribution < 1.29 is 14.3 Å². The van der Waals surface area contributed by atoms with E-state index in [1.165, 1.54) is 0 Å². The van der Waals surface area contributed by atoms with Crippen molar-refractivity contribution in [1.82, 2.24) is 13.6 Å². The lowest BCUT2D eigenvalue weighted by Gasteiger charge is -2.34. The molecule has 3 heterocycles. The van der Waals surface area contributed by atoms with Crippen molar-refractivity contribution >= 4 is 34.5 Å². The summed E-state index contributed by atoms with van der Waals surface area (Å²) in [7, 11) is 0. The molecule has 1 fully saturated rings. The topological polar surface area (TPSA) is 72.4 Å². The minimum absolute atomic E-state index is 0.0633. The van der Waals surface area contributed by atoms with Crippen molar-refractivity contribution in [3.05, 3.63) is 53.6 Å². The molecule has 3 aromatic rings. The maximum Gasteiger partial charge on any atom is 0.254 e. The molecule has 6 nitrogen and oxygen atoms in total. The van der Waals surface area contributed by atoms with Crippen molar-refractivity contribution in [3.63, 3.8) is 0 Å². The number of nitrogens with zero attached hydrogens (tertiary/aromatic N) is 3. The summed E-state index contributed by atoms with van der Waals surface area (Å²) >= 11 is 1.13. The van der Waals surface area contributed by atoms with E-state index in [4.69, 9.17) is 4.74 Å². The number of rotatable bonds is 1. The molecule has 1 spiro atoms. The molecule has 0 saturated carbocycles. The molecule has 0 N–H and O–H groups in total. The van der Waals surface area contributed by atoms with Crippen LogP contribution in [0.25, 0.3) is 11.0 Å². The van der Waals surface area contributed by atoms with Gasteiger partial charge in [-0.25, -0.2) is 0 Å². The smallest absolute Gasteiger partial charge is 0.254 e. The quantitative estimate of drug-likeness (QED) is 0.663. The molecule has 0 bridgehead atoms. The summed E-state index contributed by atoms with van der Waals surface area (Å²) in [6.07, 6.45) is 0.960. The van der Waals surface area contributed by atoms with Gasteiger partial charge in [0.15, 0.2) is 5.78 Å². The number of Topliss-reactive ketones (excluding diaryl/α,β-unsaturated/α-hetero) is 1. The number of likely N-dealkylation sites (tertiary alicyclic amines) is 1. The molecule has 0 aliphatic carbocycles. The second-order valence-corrected chi connectivity index (χ2v) is 7.35. The van der Waals surface area contributed by atoms with Crippen LogP contribution in [0.4, 0.5) is 0 Å². The van der Waals surface area contributed by atoms with E-state index < -0.39 is 5.60 Å². The van der Waals surface area contributed by atoms with Crippen molar-refractivity contribution in [2.75, 3.05) is 13.1 Å². The van der Waals surface area contributed by atoms with Crippen LogP contribution in [0.3, 0.4) is 0 Å². The Morgan fingerprint density at radius 3 is 2.92 bits per heavy atom. The Labute approximate surface area is 153 Å². The van der Waals surface area contributed by atoms with Crippen molar-refractivity contribution in [2.24, 2.45) is 0 Å². The Morgan fingerprint density at radius 1 is 1.15 bits per heavy atom. The largest absolute Gasteiger partial charge is 0.484 e. The summed E-state index contributed by atoms with van der Waals surface area (Å²) in [6, 6.07) is 12.7. The third kappa shape index (κ3) is 2.39. The van der Waals surface area contributed by atoms with Gasteiger partial charge in [0, 0.05) is 18.5 Å². The first-order valence-electron chi connectivity index (χ1n) is 8.46. The molecule has 1 saturated heterocycles. The second-order valence-electron chi connectivity index (χ2n) is 6.83. The van der Waals surface area contributed by atoms with Crippen LogP contribution < -0.4 is 4.74 Å². The van der Waals surface area contributed by atoms with Crippen molar-refractivity contribution in [1.29, 1.82) is 0 Å². The predicted octanol–water partition coefficient (Wildman–Crippen LogP) is 2.94. The fourth-order valence-electron chi connectivity index (χ4n) is 3.79. The predicted molar refractivity (Wildman–Crippen MR) is 96.7 cm³/mol. The van der Waals surface area contributed by atoms with Crippen LogP contribution in [0.15, 0.2) is 42.5 Å². The molecule has 2 aliphatic heterocycles. The van der Waals surface area contributed by atoms with Crippen LogP contribution in [0.2, 0.25) is 0 Å². The molecular formula is C19H15N3O3S. The van der Waals surface area contributed by atoms with Gasteiger partial charge in [-0.2, -0.15) is 8.75 Å². The van der Waals surface area contributed by atoms with Gasteiger partial charge in [-0.1, -0.05) is 12.1 Å². The van der Waals surface area contributed by atoms with Gasteiger partial charge in [0.2, 0.25) is 0 Å². The first-order chi connectivity index (χ1) is 12.6. The first-order valence-corrected chi connectivity index (χ1v) is 9.19. The van der Waals surface area contributed by atoms with Gasteiger partial charge in [-0.05, 0) is 30.3 Å². The molecule has 0 radical (unpaired) electrons. The summed E-state index contributed by atoms with van der Waals surface area (Å²) in [5, 5.41) is 0. The fourth-order valence-corrected chi connectivity index (χ4v) is 4.30. The molecule has 0 unspecified atom stereocenters. The highest BCUT2D eigenvalue weighted by molar-refractivity contribution is 7.00. The SMILES string of the molecule is O=C1C[C@]2(CCN(C(=O)c3ccc4nsnc4c3)C2)Oc2ccccc21. The zero-order valence-electron chi connectivity index (χ0n) is 13.8.